The second-order valence-electron chi connectivity index (χ2n) is 6.10. The second kappa shape index (κ2) is 8.40. The van der Waals surface area contributed by atoms with Crippen molar-refractivity contribution in [1.29, 1.82) is 0 Å². The molecular formula is C19H24N2O2S. The summed E-state index contributed by atoms with van der Waals surface area (Å²) in [4.78, 5) is 18.0. The van der Waals surface area contributed by atoms with Crippen LogP contribution in [0.15, 0.2) is 58.0 Å². The second-order valence-corrected chi connectivity index (χ2v) is 7.27. The third kappa shape index (κ3) is 4.42. The minimum Gasteiger partial charge on any atom is -0.459 e. The van der Waals surface area contributed by atoms with E-state index >= 15 is 0 Å². The third-order valence-corrected chi connectivity index (χ3v) is 5.55. The van der Waals surface area contributed by atoms with Crippen molar-refractivity contribution >= 4 is 17.7 Å². The van der Waals surface area contributed by atoms with Gasteiger partial charge in [0.1, 0.15) is 0 Å². The van der Waals surface area contributed by atoms with Crippen molar-refractivity contribution in [2.45, 2.75) is 24.3 Å². The first-order valence-corrected chi connectivity index (χ1v) is 9.47. The van der Waals surface area contributed by atoms with Crippen LogP contribution < -0.4 is 0 Å². The molecule has 128 valence electrons. The highest BCUT2D eigenvalue weighted by Gasteiger charge is 2.25. The van der Waals surface area contributed by atoms with Gasteiger partial charge >= 0.3 is 0 Å². The molecule has 0 saturated carbocycles. The van der Waals surface area contributed by atoms with E-state index in [4.69, 9.17) is 4.42 Å². The van der Waals surface area contributed by atoms with Crippen molar-refractivity contribution in [3.8, 4) is 0 Å². The number of thioether (sulfide) groups is 1. The van der Waals surface area contributed by atoms with Gasteiger partial charge in [-0.3, -0.25) is 9.69 Å². The van der Waals surface area contributed by atoms with E-state index in [0.29, 0.717) is 11.8 Å². The number of benzene rings is 1. The maximum absolute atomic E-state index is 12.3. The minimum atomic E-state index is 0.00642. The lowest BCUT2D eigenvalue weighted by Crippen LogP contribution is -2.51. The smallest absolute Gasteiger partial charge is 0.289 e. The third-order valence-electron chi connectivity index (χ3n) is 4.50. The Balaban J connectivity index is 1.40. The van der Waals surface area contributed by atoms with Gasteiger partial charge in [0.05, 0.1) is 6.26 Å². The van der Waals surface area contributed by atoms with Crippen molar-refractivity contribution in [3.63, 3.8) is 0 Å². The van der Waals surface area contributed by atoms with Crippen LogP contribution in [0.1, 0.15) is 23.9 Å². The summed E-state index contributed by atoms with van der Waals surface area (Å²) in [5, 5.41) is 0. The van der Waals surface area contributed by atoms with Crippen LogP contribution in [0.25, 0.3) is 0 Å². The molecule has 0 spiro atoms. The van der Waals surface area contributed by atoms with Crippen molar-refractivity contribution in [2.75, 3.05) is 31.9 Å². The number of furan rings is 1. The van der Waals surface area contributed by atoms with Crippen molar-refractivity contribution < 1.29 is 9.21 Å². The molecule has 1 amide bonds. The first-order valence-electron chi connectivity index (χ1n) is 8.49. The number of amides is 1. The molecule has 1 aromatic carbocycles. The minimum absolute atomic E-state index is 0.00642. The van der Waals surface area contributed by atoms with Gasteiger partial charge in [-0.15, -0.1) is 11.8 Å². The first-order chi connectivity index (χ1) is 11.7. The van der Waals surface area contributed by atoms with Gasteiger partial charge in [-0.1, -0.05) is 18.2 Å². The van der Waals surface area contributed by atoms with Crippen molar-refractivity contribution in [1.82, 2.24) is 9.80 Å². The maximum Gasteiger partial charge on any atom is 0.289 e. The zero-order chi connectivity index (χ0) is 16.8. The normalized spacial score (nSPS) is 17.0. The largest absolute Gasteiger partial charge is 0.459 e. The van der Waals surface area contributed by atoms with E-state index < -0.39 is 0 Å². The molecule has 2 heterocycles. The van der Waals surface area contributed by atoms with Crippen molar-refractivity contribution in [3.05, 3.63) is 54.5 Å². The highest BCUT2D eigenvalue weighted by molar-refractivity contribution is 7.99. The van der Waals surface area contributed by atoms with E-state index in [2.05, 4.69) is 42.2 Å². The molecule has 0 bridgehead atoms. The van der Waals surface area contributed by atoms with E-state index in [1.807, 2.05) is 16.7 Å². The maximum atomic E-state index is 12.3. The summed E-state index contributed by atoms with van der Waals surface area (Å²) in [7, 11) is 0. The average molecular weight is 344 g/mol. The molecule has 5 heteroatoms. The summed E-state index contributed by atoms with van der Waals surface area (Å²) in [5.74, 6) is 1.57. The van der Waals surface area contributed by atoms with Gasteiger partial charge in [-0.2, -0.15) is 0 Å². The van der Waals surface area contributed by atoms with Crippen LogP contribution in [0.5, 0.6) is 0 Å². The fraction of sp³-hybridized carbons (Fsp3) is 0.421. The Morgan fingerprint density at radius 1 is 1.12 bits per heavy atom. The van der Waals surface area contributed by atoms with E-state index in [0.717, 1.165) is 38.4 Å². The molecule has 3 rings (SSSR count). The SMILES string of the molecule is C[C@@H](CCSc1ccccc1)N1CCN(C(=O)c2ccco2)CC1. The van der Waals surface area contributed by atoms with Gasteiger partial charge in [0.25, 0.3) is 5.91 Å². The summed E-state index contributed by atoms with van der Waals surface area (Å²) in [6.45, 7) is 5.70. The van der Waals surface area contributed by atoms with Crippen LogP contribution in [0, 0.1) is 0 Å². The van der Waals surface area contributed by atoms with Gasteiger partial charge in [0.15, 0.2) is 5.76 Å². The van der Waals surface area contributed by atoms with Crippen LogP contribution in [0.3, 0.4) is 0 Å². The molecule has 1 fully saturated rings. The molecule has 1 aromatic heterocycles. The molecule has 0 radical (unpaired) electrons. The summed E-state index contributed by atoms with van der Waals surface area (Å²) in [5.41, 5.74) is 0. The summed E-state index contributed by atoms with van der Waals surface area (Å²) < 4.78 is 5.21. The predicted octanol–water partition coefficient (Wildman–Crippen LogP) is 3.61. The molecule has 1 atom stereocenters. The van der Waals surface area contributed by atoms with Gasteiger partial charge in [0, 0.05) is 37.1 Å². The lowest BCUT2D eigenvalue weighted by atomic mass is 10.2. The number of hydrogen-bond acceptors (Lipinski definition) is 4. The van der Waals surface area contributed by atoms with E-state index in [9.17, 15) is 4.79 Å². The molecule has 1 aliphatic rings. The zero-order valence-electron chi connectivity index (χ0n) is 14.1. The summed E-state index contributed by atoms with van der Waals surface area (Å²) in [6, 6.07) is 14.6. The first kappa shape index (κ1) is 17.1. The van der Waals surface area contributed by atoms with Gasteiger partial charge < -0.3 is 9.32 Å². The van der Waals surface area contributed by atoms with Crippen LogP contribution in [0.2, 0.25) is 0 Å². The number of rotatable bonds is 6. The van der Waals surface area contributed by atoms with E-state index in [-0.39, 0.29) is 5.91 Å². The Bertz CT molecular complexity index is 622. The zero-order valence-corrected chi connectivity index (χ0v) is 14.9. The molecule has 24 heavy (non-hydrogen) atoms. The Morgan fingerprint density at radius 3 is 2.54 bits per heavy atom. The monoisotopic (exact) mass is 344 g/mol. The van der Waals surface area contributed by atoms with E-state index in [1.165, 1.54) is 4.90 Å². The Labute approximate surface area is 147 Å². The quantitative estimate of drug-likeness (QED) is 0.750. The lowest BCUT2D eigenvalue weighted by molar-refractivity contribution is 0.0551. The highest BCUT2D eigenvalue weighted by atomic mass is 32.2. The number of carbonyl (C=O) groups is 1. The number of carbonyl (C=O) groups excluding carboxylic acids is 1. The van der Waals surface area contributed by atoms with Crippen LogP contribution in [-0.2, 0) is 0 Å². The number of hydrogen-bond donors (Lipinski definition) is 0. The predicted molar refractivity (Wildman–Crippen MR) is 97.4 cm³/mol. The lowest BCUT2D eigenvalue weighted by Gasteiger charge is -2.37. The number of piperazine rings is 1. The molecular weight excluding hydrogens is 320 g/mol. The average Bonchev–Trinajstić information content (AvgIpc) is 3.17. The Hall–Kier alpha value is -1.72. The Kier molecular flexibility index (Phi) is 5.99. The van der Waals surface area contributed by atoms with Gasteiger partial charge in [-0.05, 0) is 43.4 Å². The molecule has 2 aromatic rings. The molecule has 1 aliphatic heterocycles. The van der Waals surface area contributed by atoms with Crippen LogP contribution >= 0.6 is 11.8 Å². The van der Waals surface area contributed by atoms with Gasteiger partial charge in [-0.25, -0.2) is 0 Å². The topological polar surface area (TPSA) is 36.7 Å². The molecule has 1 saturated heterocycles. The fourth-order valence-electron chi connectivity index (χ4n) is 2.97. The van der Waals surface area contributed by atoms with Crippen LogP contribution in [0.4, 0.5) is 0 Å². The Morgan fingerprint density at radius 2 is 1.88 bits per heavy atom. The van der Waals surface area contributed by atoms with Crippen molar-refractivity contribution in [2.24, 2.45) is 0 Å². The molecule has 0 aliphatic carbocycles. The number of nitrogens with zero attached hydrogens (tertiary/aromatic N) is 2. The molecule has 4 nitrogen and oxygen atoms in total. The van der Waals surface area contributed by atoms with Gasteiger partial charge in [0.2, 0.25) is 0 Å². The highest BCUT2D eigenvalue weighted by Crippen LogP contribution is 2.20. The summed E-state index contributed by atoms with van der Waals surface area (Å²) in [6.07, 6.45) is 2.71. The van der Waals surface area contributed by atoms with E-state index in [1.54, 1.807) is 18.4 Å². The standard InChI is InChI=1S/C19H24N2O2S/c1-16(9-15-24-17-6-3-2-4-7-17)20-10-12-21(13-11-20)19(22)18-8-5-14-23-18/h2-8,14,16H,9-13,15H2,1H3/t16-/m0/s1. The molecule has 0 N–H and O–H groups in total. The fourth-order valence-corrected chi connectivity index (χ4v) is 4.01. The molecule has 0 unspecified atom stereocenters. The summed E-state index contributed by atoms with van der Waals surface area (Å²) >= 11 is 1.91. The van der Waals surface area contributed by atoms with Crippen LogP contribution in [-0.4, -0.2) is 53.7 Å².